The van der Waals surface area contributed by atoms with Crippen molar-refractivity contribution in [1.29, 1.82) is 0 Å². The predicted octanol–water partition coefficient (Wildman–Crippen LogP) is 3.39. The van der Waals surface area contributed by atoms with E-state index in [1.165, 1.54) is 6.07 Å². The zero-order valence-corrected chi connectivity index (χ0v) is 13.0. The summed E-state index contributed by atoms with van der Waals surface area (Å²) >= 11 is 0. The van der Waals surface area contributed by atoms with Crippen molar-refractivity contribution in [2.45, 2.75) is 6.92 Å². The summed E-state index contributed by atoms with van der Waals surface area (Å²) in [6.07, 6.45) is 0. The van der Waals surface area contributed by atoms with Crippen molar-refractivity contribution in [3.05, 3.63) is 76.8 Å². The quantitative estimate of drug-likeness (QED) is 0.691. The van der Waals surface area contributed by atoms with E-state index in [0.29, 0.717) is 17.2 Å². The highest BCUT2D eigenvalue weighted by atomic mass is 16.2. The summed E-state index contributed by atoms with van der Waals surface area (Å²) < 4.78 is 0. The molecule has 0 aliphatic rings. The van der Waals surface area contributed by atoms with Gasteiger partial charge in [-0.05, 0) is 31.2 Å². The van der Waals surface area contributed by atoms with Gasteiger partial charge < -0.3 is 15.6 Å². The average Bonchev–Trinajstić information content (AvgIpc) is 2.55. The molecule has 0 bridgehead atoms. The first kappa shape index (κ1) is 15.5. The van der Waals surface area contributed by atoms with Crippen LogP contribution in [0.2, 0.25) is 0 Å². The summed E-state index contributed by atoms with van der Waals surface area (Å²) in [6, 6.07) is 17.5. The molecule has 0 aliphatic heterocycles. The zero-order valence-electron chi connectivity index (χ0n) is 13.0. The second kappa shape index (κ2) is 6.78. The molecule has 0 saturated heterocycles. The molecule has 3 N–H and O–H groups in total. The van der Waals surface area contributed by atoms with Crippen LogP contribution in [0, 0.1) is 6.92 Å². The fraction of sp³-hybridized carbons (Fsp3) is 0.0556. The van der Waals surface area contributed by atoms with Crippen LogP contribution in [0.1, 0.15) is 5.82 Å². The lowest BCUT2D eigenvalue weighted by Crippen LogP contribution is -2.19. The molecular weight excluding hydrogens is 304 g/mol. The molecule has 0 unspecified atom stereocenters. The van der Waals surface area contributed by atoms with E-state index in [9.17, 15) is 9.59 Å². The SMILES string of the molecule is Cc1nc(-c2ccc(NC(=O)Nc3ccccc3)cc2)cc(=O)[nH]1. The van der Waals surface area contributed by atoms with Crippen molar-refractivity contribution >= 4 is 17.4 Å². The van der Waals surface area contributed by atoms with Gasteiger partial charge in [0.15, 0.2) is 0 Å². The molecule has 0 atom stereocenters. The van der Waals surface area contributed by atoms with Gasteiger partial charge in [0.25, 0.3) is 5.56 Å². The van der Waals surface area contributed by atoms with Crippen LogP contribution in [0.4, 0.5) is 16.2 Å². The number of nitrogens with one attached hydrogen (secondary N) is 3. The van der Waals surface area contributed by atoms with Crippen molar-refractivity contribution in [1.82, 2.24) is 9.97 Å². The number of H-pyrrole nitrogens is 1. The third-order valence-electron chi connectivity index (χ3n) is 3.33. The molecule has 0 radical (unpaired) electrons. The van der Waals surface area contributed by atoms with E-state index < -0.39 is 0 Å². The maximum absolute atomic E-state index is 11.9. The Morgan fingerprint density at radius 3 is 2.21 bits per heavy atom. The Morgan fingerprint density at radius 2 is 1.58 bits per heavy atom. The summed E-state index contributed by atoms with van der Waals surface area (Å²) in [5, 5.41) is 5.50. The Hall–Kier alpha value is -3.41. The van der Waals surface area contributed by atoms with Crippen LogP contribution in [0.3, 0.4) is 0 Å². The van der Waals surface area contributed by atoms with Crippen LogP contribution in [0.15, 0.2) is 65.5 Å². The number of urea groups is 1. The lowest BCUT2D eigenvalue weighted by atomic mass is 10.1. The number of anilines is 2. The number of carbonyl (C=O) groups is 1. The maximum atomic E-state index is 11.9. The summed E-state index contributed by atoms with van der Waals surface area (Å²) in [7, 11) is 0. The molecule has 120 valence electrons. The average molecular weight is 320 g/mol. The largest absolute Gasteiger partial charge is 0.323 e. The van der Waals surface area contributed by atoms with E-state index >= 15 is 0 Å². The summed E-state index contributed by atoms with van der Waals surface area (Å²) in [6.45, 7) is 1.73. The van der Waals surface area contributed by atoms with E-state index in [1.807, 2.05) is 30.3 Å². The minimum Gasteiger partial charge on any atom is -0.311 e. The molecular formula is C18H16N4O2. The van der Waals surface area contributed by atoms with Crippen LogP contribution in [0.25, 0.3) is 11.3 Å². The minimum absolute atomic E-state index is 0.193. The van der Waals surface area contributed by atoms with E-state index in [0.717, 1.165) is 11.3 Å². The predicted molar refractivity (Wildman–Crippen MR) is 94.1 cm³/mol. The molecule has 6 nitrogen and oxygen atoms in total. The first-order valence-corrected chi connectivity index (χ1v) is 7.41. The van der Waals surface area contributed by atoms with Gasteiger partial charge in [0, 0.05) is 23.0 Å². The number of amides is 2. The first-order valence-electron chi connectivity index (χ1n) is 7.41. The van der Waals surface area contributed by atoms with E-state index in [1.54, 1.807) is 31.2 Å². The molecule has 0 spiro atoms. The monoisotopic (exact) mass is 320 g/mol. The molecule has 2 amide bonds. The molecule has 2 aromatic carbocycles. The molecule has 0 aliphatic carbocycles. The second-order valence-electron chi connectivity index (χ2n) is 5.24. The van der Waals surface area contributed by atoms with Gasteiger partial charge in [-0.2, -0.15) is 0 Å². The third-order valence-corrected chi connectivity index (χ3v) is 3.33. The number of benzene rings is 2. The lowest BCUT2D eigenvalue weighted by Gasteiger charge is -2.08. The lowest BCUT2D eigenvalue weighted by molar-refractivity contribution is 0.262. The van der Waals surface area contributed by atoms with Crippen LogP contribution in [0.5, 0.6) is 0 Å². The topological polar surface area (TPSA) is 86.9 Å². The van der Waals surface area contributed by atoms with E-state index in [2.05, 4.69) is 20.6 Å². The van der Waals surface area contributed by atoms with Crippen LogP contribution >= 0.6 is 0 Å². The van der Waals surface area contributed by atoms with E-state index in [4.69, 9.17) is 0 Å². The molecule has 1 heterocycles. The van der Waals surface area contributed by atoms with Crippen molar-refractivity contribution in [3.8, 4) is 11.3 Å². The van der Waals surface area contributed by atoms with E-state index in [-0.39, 0.29) is 11.6 Å². The van der Waals surface area contributed by atoms with Crippen molar-refractivity contribution < 1.29 is 4.79 Å². The molecule has 0 fully saturated rings. The number of hydrogen-bond acceptors (Lipinski definition) is 3. The van der Waals surface area contributed by atoms with Crippen LogP contribution < -0.4 is 16.2 Å². The number of aryl methyl sites for hydroxylation is 1. The molecule has 24 heavy (non-hydrogen) atoms. The number of para-hydroxylation sites is 1. The molecule has 0 saturated carbocycles. The first-order chi connectivity index (χ1) is 11.6. The number of carbonyl (C=O) groups excluding carboxylic acids is 1. The smallest absolute Gasteiger partial charge is 0.311 e. The van der Waals surface area contributed by atoms with Crippen LogP contribution in [-0.2, 0) is 0 Å². The molecule has 1 aromatic heterocycles. The third kappa shape index (κ3) is 3.86. The highest BCUT2D eigenvalue weighted by Gasteiger charge is 2.05. The zero-order chi connectivity index (χ0) is 16.9. The van der Waals surface area contributed by atoms with Gasteiger partial charge >= 0.3 is 6.03 Å². The summed E-state index contributed by atoms with van der Waals surface area (Å²) in [5.74, 6) is 0.557. The maximum Gasteiger partial charge on any atom is 0.323 e. The Kier molecular flexibility index (Phi) is 4.38. The van der Waals surface area contributed by atoms with Gasteiger partial charge in [0.1, 0.15) is 5.82 Å². The number of hydrogen-bond donors (Lipinski definition) is 3. The highest BCUT2D eigenvalue weighted by Crippen LogP contribution is 2.18. The van der Waals surface area contributed by atoms with Crippen molar-refractivity contribution in [3.63, 3.8) is 0 Å². The minimum atomic E-state index is -0.320. The van der Waals surface area contributed by atoms with Crippen molar-refractivity contribution in [2.24, 2.45) is 0 Å². The van der Waals surface area contributed by atoms with Gasteiger partial charge in [0.2, 0.25) is 0 Å². The molecule has 3 aromatic rings. The van der Waals surface area contributed by atoms with Gasteiger partial charge in [-0.3, -0.25) is 4.79 Å². The molecule has 6 heteroatoms. The Bertz CT molecular complexity index is 902. The Morgan fingerprint density at radius 1 is 0.958 bits per heavy atom. The van der Waals surface area contributed by atoms with Crippen LogP contribution in [-0.4, -0.2) is 16.0 Å². The normalized spacial score (nSPS) is 10.2. The number of rotatable bonds is 3. The fourth-order valence-corrected chi connectivity index (χ4v) is 2.27. The number of aromatic nitrogens is 2. The van der Waals surface area contributed by atoms with Gasteiger partial charge in [-0.25, -0.2) is 9.78 Å². The number of aromatic amines is 1. The Labute approximate surface area is 138 Å². The number of nitrogens with zero attached hydrogens (tertiary/aromatic N) is 1. The Balaban J connectivity index is 1.70. The van der Waals surface area contributed by atoms with Gasteiger partial charge in [0.05, 0.1) is 5.69 Å². The second-order valence-corrected chi connectivity index (χ2v) is 5.24. The highest BCUT2D eigenvalue weighted by molar-refractivity contribution is 5.99. The standard InChI is InChI=1S/C18H16N4O2/c1-12-19-16(11-17(23)20-12)13-7-9-15(10-8-13)22-18(24)21-14-5-3-2-4-6-14/h2-11H,1H3,(H,19,20,23)(H2,21,22,24). The summed E-state index contributed by atoms with van der Waals surface area (Å²) in [5.41, 5.74) is 2.57. The van der Waals surface area contributed by atoms with Crippen molar-refractivity contribution in [2.75, 3.05) is 10.6 Å². The summed E-state index contributed by atoms with van der Waals surface area (Å²) in [4.78, 5) is 30.4. The fourth-order valence-electron chi connectivity index (χ4n) is 2.27. The van der Waals surface area contributed by atoms with Gasteiger partial charge in [-0.1, -0.05) is 30.3 Å². The molecule has 3 rings (SSSR count). The van der Waals surface area contributed by atoms with Gasteiger partial charge in [-0.15, -0.1) is 0 Å².